The molecule has 264 valence electrons. The van der Waals surface area contributed by atoms with Crippen molar-refractivity contribution in [2.24, 2.45) is 11.8 Å². The highest BCUT2D eigenvalue weighted by molar-refractivity contribution is 7.09. The number of allylic oxidation sites excluding steroid dienone is 1. The summed E-state index contributed by atoms with van der Waals surface area (Å²) in [5.74, 6) is -0.870. The van der Waals surface area contributed by atoms with E-state index in [0.717, 1.165) is 23.4 Å². The molecule has 5 atom stereocenters. The third-order valence-corrected chi connectivity index (χ3v) is 10.3. The molecule has 1 aromatic carbocycles. The molecule has 1 fully saturated rings. The Morgan fingerprint density at radius 1 is 1.04 bits per heavy atom. The molecule has 1 N–H and O–H groups in total. The van der Waals surface area contributed by atoms with Crippen LogP contribution in [0.3, 0.4) is 0 Å². The number of methoxy groups -OCH3 is 1. The summed E-state index contributed by atoms with van der Waals surface area (Å²) in [6, 6.07) is 3.79. The van der Waals surface area contributed by atoms with Crippen LogP contribution in [-0.4, -0.2) is 106 Å². The Labute approximate surface area is 289 Å². The van der Waals surface area contributed by atoms with Gasteiger partial charge in [-0.3, -0.25) is 19.2 Å². The number of ether oxygens (including phenoxy) is 1. The molecule has 1 saturated heterocycles. The quantitative estimate of drug-likeness (QED) is 0.210. The van der Waals surface area contributed by atoms with E-state index >= 15 is 0 Å². The van der Waals surface area contributed by atoms with Gasteiger partial charge < -0.3 is 29.4 Å². The van der Waals surface area contributed by atoms with E-state index < -0.39 is 29.9 Å². The Morgan fingerprint density at radius 2 is 1.69 bits per heavy atom. The van der Waals surface area contributed by atoms with Crippen molar-refractivity contribution in [2.45, 2.75) is 90.9 Å². The summed E-state index contributed by atoms with van der Waals surface area (Å²) in [6.45, 7) is 10.2. The normalized spacial score (nSPS) is 17.4. The van der Waals surface area contributed by atoms with E-state index in [1.54, 1.807) is 51.3 Å². The topological polar surface area (TPSA) is 124 Å². The van der Waals surface area contributed by atoms with Crippen LogP contribution < -0.4 is 0 Å². The lowest BCUT2D eigenvalue weighted by atomic mass is 9.93. The SMILES string of the molecule is CC[C@H](C)[C@@H](C(=O)N1CCC[C@H]1c1nccs1)N(C)C(=O)C(CC(C)C)N(C)C(=O)[C@H](Cc1ccc(O)cc1)N(C)C(=O)C=C(C)OC. The molecule has 0 radical (unpaired) electrons. The Balaban J connectivity index is 1.96. The molecular formula is C36H53N5O6S. The number of nitrogens with zero attached hydrogens (tertiary/aromatic N) is 5. The summed E-state index contributed by atoms with van der Waals surface area (Å²) >= 11 is 1.53. The Hall–Kier alpha value is -3.93. The van der Waals surface area contributed by atoms with Gasteiger partial charge in [0, 0.05) is 51.8 Å². The summed E-state index contributed by atoms with van der Waals surface area (Å²) < 4.78 is 5.17. The smallest absolute Gasteiger partial charge is 0.250 e. The number of thiazole rings is 1. The maximum Gasteiger partial charge on any atom is 0.250 e. The van der Waals surface area contributed by atoms with E-state index in [1.165, 1.54) is 46.5 Å². The summed E-state index contributed by atoms with van der Waals surface area (Å²) in [5.41, 5.74) is 0.735. The second-order valence-electron chi connectivity index (χ2n) is 13.2. The van der Waals surface area contributed by atoms with Crippen LogP contribution in [0.15, 0.2) is 47.7 Å². The van der Waals surface area contributed by atoms with Gasteiger partial charge in [-0.15, -0.1) is 11.3 Å². The van der Waals surface area contributed by atoms with Crippen LogP contribution in [0.2, 0.25) is 0 Å². The zero-order valence-electron chi connectivity index (χ0n) is 29.9. The number of likely N-dealkylation sites (N-methyl/N-ethyl adjacent to an activating group) is 3. The first kappa shape index (κ1) is 38.5. The minimum Gasteiger partial charge on any atom is -0.508 e. The molecule has 0 saturated carbocycles. The molecule has 2 heterocycles. The fourth-order valence-electron chi connectivity index (χ4n) is 6.24. The third-order valence-electron chi connectivity index (χ3n) is 9.38. The molecule has 1 aliphatic rings. The number of rotatable bonds is 15. The van der Waals surface area contributed by atoms with Crippen LogP contribution in [0.1, 0.15) is 76.9 Å². The first-order valence-corrected chi connectivity index (χ1v) is 17.6. The van der Waals surface area contributed by atoms with Gasteiger partial charge in [0.05, 0.1) is 18.9 Å². The summed E-state index contributed by atoms with van der Waals surface area (Å²) in [4.78, 5) is 67.2. The van der Waals surface area contributed by atoms with E-state index in [1.807, 2.05) is 38.0 Å². The zero-order chi connectivity index (χ0) is 35.7. The molecule has 0 spiro atoms. The van der Waals surface area contributed by atoms with Crippen LogP contribution in [0, 0.1) is 11.8 Å². The summed E-state index contributed by atoms with van der Waals surface area (Å²) in [6.07, 6.45) is 5.97. The van der Waals surface area contributed by atoms with Crippen LogP contribution in [0.25, 0.3) is 0 Å². The van der Waals surface area contributed by atoms with Gasteiger partial charge in [-0.25, -0.2) is 4.98 Å². The number of aromatic hydroxyl groups is 1. The zero-order valence-corrected chi connectivity index (χ0v) is 30.7. The first-order chi connectivity index (χ1) is 22.7. The number of phenols is 1. The lowest BCUT2D eigenvalue weighted by molar-refractivity contribution is -0.154. The number of carbonyl (C=O) groups is 4. The van der Waals surface area contributed by atoms with Crippen LogP contribution >= 0.6 is 11.3 Å². The van der Waals surface area contributed by atoms with Gasteiger partial charge in [0.25, 0.3) is 0 Å². The van der Waals surface area contributed by atoms with Gasteiger partial charge >= 0.3 is 0 Å². The maximum absolute atomic E-state index is 14.5. The molecule has 0 aliphatic carbocycles. The monoisotopic (exact) mass is 683 g/mol. The highest BCUT2D eigenvalue weighted by Gasteiger charge is 2.43. The number of hydrogen-bond donors (Lipinski definition) is 1. The standard InChI is InChI=1S/C36H53N5O6S/c1-10-24(4)32(36(46)41-18-11-12-28(41)33-37-17-19-48-33)40(8)35(45)29(20-23(2)3)39(7)34(44)30(22-26-13-15-27(42)16-14-26)38(6)31(43)21-25(5)47-9/h13-17,19,21,23-24,28-30,32,42H,10-12,18,20,22H2,1-9H3/t24-,28-,29?,30-,32-/m0/s1. The van der Waals surface area contributed by atoms with Crippen molar-refractivity contribution in [2.75, 3.05) is 34.8 Å². The molecule has 11 nitrogen and oxygen atoms in total. The van der Waals surface area contributed by atoms with Crippen LogP contribution in [0.4, 0.5) is 0 Å². The molecule has 4 amide bonds. The largest absolute Gasteiger partial charge is 0.508 e. The molecule has 1 aliphatic heterocycles. The predicted molar refractivity (Wildman–Crippen MR) is 187 cm³/mol. The number of hydrogen-bond acceptors (Lipinski definition) is 8. The highest BCUT2D eigenvalue weighted by Crippen LogP contribution is 2.35. The van der Waals surface area contributed by atoms with Gasteiger partial charge in [-0.1, -0.05) is 46.2 Å². The van der Waals surface area contributed by atoms with Crippen LogP contribution in [0.5, 0.6) is 5.75 Å². The molecule has 3 rings (SSSR count). The first-order valence-electron chi connectivity index (χ1n) is 16.7. The lowest BCUT2D eigenvalue weighted by Crippen LogP contribution is -2.59. The second-order valence-corrected chi connectivity index (χ2v) is 14.2. The van der Waals surface area contributed by atoms with Crippen molar-refractivity contribution >= 4 is 35.0 Å². The van der Waals surface area contributed by atoms with Gasteiger partial charge in [0.15, 0.2) is 0 Å². The Bertz CT molecular complexity index is 1410. The van der Waals surface area contributed by atoms with Crippen molar-refractivity contribution in [1.82, 2.24) is 24.6 Å². The Kier molecular flexibility index (Phi) is 14.0. The molecule has 0 bridgehead atoms. The van der Waals surface area contributed by atoms with Crippen molar-refractivity contribution in [1.29, 1.82) is 0 Å². The van der Waals surface area contributed by atoms with Gasteiger partial charge in [-0.2, -0.15) is 0 Å². The molecule has 48 heavy (non-hydrogen) atoms. The number of benzene rings is 1. The van der Waals surface area contributed by atoms with Crippen LogP contribution in [-0.2, 0) is 30.3 Å². The number of carbonyl (C=O) groups excluding carboxylic acids is 4. The maximum atomic E-state index is 14.5. The van der Waals surface area contributed by atoms with E-state index in [-0.39, 0.29) is 41.9 Å². The van der Waals surface area contributed by atoms with Crippen molar-refractivity contribution in [3.63, 3.8) is 0 Å². The third kappa shape index (κ3) is 9.36. The molecule has 2 aromatic rings. The average Bonchev–Trinajstić information content (AvgIpc) is 3.78. The number of phenolic OH excluding ortho intramolecular Hbond substituents is 1. The fourth-order valence-corrected chi connectivity index (χ4v) is 7.02. The van der Waals surface area contributed by atoms with Crippen molar-refractivity contribution < 1.29 is 29.0 Å². The molecule has 1 unspecified atom stereocenters. The summed E-state index contributed by atoms with van der Waals surface area (Å²) in [5, 5.41) is 12.6. The fraction of sp³-hybridized carbons (Fsp3) is 0.583. The number of amides is 4. The van der Waals surface area contributed by atoms with E-state index in [2.05, 4.69) is 4.98 Å². The minimum absolute atomic E-state index is 0.0513. The van der Waals surface area contributed by atoms with E-state index in [9.17, 15) is 24.3 Å². The average molecular weight is 684 g/mol. The minimum atomic E-state index is -0.962. The van der Waals surface area contributed by atoms with E-state index in [4.69, 9.17) is 4.74 Å². The second kappa shape index (κ2) is 17.5. The van der Waals surface area contributed by atoms with Gasteiger partial charge in [0.1, 0.15) is 28.9 Å². The van der Waals surface area contributed by atoms with Gasteiger partial charge in [0.2, 0.25) is 23.6 Å². The predicted octanol–water partition coefficient (Wildman–Crippen LogP) is 4.88. The lowest BCUT2D eigenvalue weighted by Gasteiger charge is -2.40. The molecule has 1 aromatic heterocycles. The summed E-state index contributed by atoms with van der Waals surface area (Å²) in [7, 11) is 6.28. The number of aromatic nitrogens is 1. The molecule has 12 heteroatoms. The van der Waals surface area contributed by atoms with E-state index in [0.29, 0.717) is 25.1 Å². The highest BCUT2D eigenvalue weighted by atomic mass is 32.1. The van der Waals surface area contributed by atoms with Crippen molar-refractivity contribution in [3.8, 4) is 5.75 Å². The van der Waals surface area contributed by atoms with Crippen molar-refractivity contribution in [3.05, 3.63) is 58.2 Å². The van der Waals surface area contributed by atoms with Gasteiger partial charge in [-0.05, 0) is 55.7 Å². The number of likely N-dealkylation sites (tertiary alicyclic amines) is 1. The molecular weight excluding hydrogens is 630 g/mol. The Morgan fingerprint density at radius 3 is 2.25 bits per heavy atom.